The number of hydrogen-bond acceptors (Lipinski definition) is 8. The van der Waals surface area contributed by atoms with Crippen molar-refractivity contribution in [1.29, 1.82) is 0 Å². The van der Waals surface area contributed by atoms with Gasteiger partial charge in [0.05, 0.1) is 11.1 Å². The molecule has 0 atom stereocenters. The monoisotopic (exact) mass is 625 g/mol. The molecule has 0 spiro atoms. The molecule has 1 saturated carbocycles. The zero-order valence-electron chi connectivity index (χ0n) is 26.7. The predicted molar refractivity (Wildman–Crippen MR) is 176 cm³/mol. The summed E-state index contributed by atoms with van der Waals surface area (Å²) in [6.45, 7) is 13.6. The van der Waals surface area contributed by atoms with Gasteiger partial charge in [-0.3, -0.25) is 5.32 Å². The van der Waals surface area contributed by atoms with Crippen LogP contribution in [0.4, 0.5) is 10.6 Å². The minimum atomic E-state index is -1.27. The molecule has 4 heterocycles. The van der Waals surface area contributed by atoms with Gasteiger partial charge in [0, 0.05) is 44.1 Å². The SMILES string of the molecule is CC(C)(C)OC(=O)Nc1cc(-c2cn(COCC[Si](C)(C)C)c3nc(C#CC4CC4)nc(-c4ccc5c(c4)OCO5)c23)ccn1. The van der Waals surface area contributed by atoms with E-state index < -0.39 is 19.8 Å². The number of ether oxygens (including phenoxy) is 4. The molecule has 0 radical (unpaired) electrons. The van der Waals surface area contributed by atoms with Crippen molar-refractivity contribution < 1.29 is 23.7 Å². The highest BCUT2D eigenvalue weighted by molar-refractivity contribution is 6.76. The van der Waals surface area contributed by atoms with Gasteiger partial charge in [-0.25, -0.2) is 19.7 Å². The fraction of sp³-hybridized carbons (Fsp3) is 0.412. The van der Waals surface area contributed by atoms with E-state index in [0.717, 1.165) is 41.0 Å². The highest BCUT2D eigenvalue weighted by Gasteiger charge is 2.24. The summed E-state index contributed by atoms with van der Waals surface area (Å²) in [6.07, 6.45) is 5.32. The first-order valence-corrected chi connectivity index (χ1v) is 19.0. The number of rotatable bonds is 8. The Labute approximate surface area is 264 Å². The largest absolute Gasteiger partial charge is 0.454 e. The van der Waals surface area contributed by atoms with Crippen LogP contribution >= 0.6 is 0 Å². The van der Waals surface area contributed by atoms with Crippen LogP contribution in [0.1, 0.15) is 39.4 Å². The van der Waals surface area contributed by atoms with Crippen LogP contribution in [0, 0.1) is 17.8 Å². The number of carbonyl (C=O) groups is 1. The molecular formula is C34H39N5O5Si. The van der Waals surface area contributed by atoms with Crippen LogP contribution in [-0.2, 0) is 16.2 Å². The Balaban J connectivity index is 1.47. The molecule has 4 aromatic rings. The zero-order valence-corrected chi connectivity index (χ0v) is 27.7. The van der Waals surface area contributed by atoms with Crippen LogP contribution < -0.4 is 14.8 Å². The van der Waals surface area contributed by atoms with E-state index >= 15 is 0 Å². The summed E-state index contributed by atoms with van der Waals surface area (Å²) in [6, 6.07) is 10.6. The average molecular weight is 626 g/mol. The van der Waals surface area contributed by atoms with E-state index in [1.165, 1.54) is 0 Å². The normalized spacial score (nSPS) is 14.3. The number of pyridine rings is 1. The molecule has 1 amide bonds. The first-order chi connectivity index (χ1) is 21.4. The van der Waals surface area contributed by atoms with Crippen molar-refractivity contribution in [1.82, 2.24) is 19.5 Å². The number of anilines is 1. The summed E-state index contributed by atoms with van der Waals surface area (Å²) >= 11 is 0. The van der Waals surface area contributed by atoms with Crippen molar-refractivity contribution in [2.75, 3.05) is 18.7 Å². The van der Waals surface area contributed by atoms with Gasteiger partial charge in [-0.15, -0.1) is 0 Å². The third kappa shape index (κ3) is 7.64. The maximum atomic E-state index is 12.5. The molecule has 2 aliphatic rings. The van der Waals surface area contributed by atoms with Gasteiger partial charge in [-0.05, 0) is 81.5 Å². The second-order valence-corrected chi connectivity index (χ2v) is 19.2. The Hall–Kier alpha value is -4.40. The molecule has 1 aliphatic heterocycles. The highest BCUT2D eigenvalue weighted by atomic mass is 28.3. The summed E-state index contributed by atoms with van der Waals surface area (Å²) in [5.74, 6) is 9.11. The Bertz CT molecular complexity index is 1810. The molecule has 1 fully saturated rings. The van der Waals surface area contributed by atoms with Crippen molar-refractivity contribution in [2.45, 2.75) is 71.6 Å². The van der Waals surface area contributed by atoms with E-state index in [1.807, 2.05) is 61.9 Å². The zero-order chi connectivity index (χ0) is 31.8. The Morgan fingerprint density at radius 1 is 1.09 bits per heavy atom. The number of fused-ring (bicyclic) bond motifs is 2. The average Bonchev–Trinajstić information content (AvgIpc) is 3.55. The Morgan fingerprint density at radius 3 is 2.64 bits per heavy atom. The first-order valence-electron chi connectivity index (χ1n) is 15.3. The van der Waals surface area contributed by atoms with Gasteiger partial charge < -0.3 is 23.5 Å². The van der Waals surface area contributed by atoms with Crippen molar-refractivity contribution in [3.8, 4) is 45.7 Å². The van der Waals surface area contributed by atoms with E-state index in [0.29, 0.717) is 53.7 Å². The lowest BCUT2D eigenvalue weighted by molar-refractivity contribution is 0.0635. The number of carbonyl (C=O) groups excluding carboxylic acids is 1. The molecule has 11 heteroatoms. The predicted octanol–water partition coefficient (Wildman–Crippen LogP) is 7.31. The molecule has 3 aromatic heterocycles. The number of aromatic nitrogens is 4. The third-order valence-electron chi connectivity index (χ3n) is 7.25. The molecule has 45 heavy (non-hydrogen) atoms. The van der Waals surface area contributed by atoms with E-state index in [1.54, 1.807) is 6.20 Å². The van der Waals surface area contributed by atoms with E-state index in [2.05, 4.69) is 41.8 Å². The lowest BCUT2D eigenvalue weighted by Crippen LogP contribution is -2.27. The van der Waals surface area contributed by atoms with Gasteiger partial charge in [0.2, 0.25) is 12.6 Å². The van der Waals surface area contributed by atoms with E-state index in [-0.39, 0.29) is 6.79 Å². The molecular weight excluding hydrogens is 586 g/mol. The lowest BCUT2D eigenvalue weighted by atomic mass is 10.0. The molecule has 0 unspecified atom stereocenters. The minimum absolute atomic E-state index is 0.177. The molecule has 0 bridgehead atoms. The van der Waals surface area contributed by atoms with E-state index in [4.69, 9.17) is 28.9 Å². The summed E-state index contributed by atoms with van der Waals surface area (Å²) < 4.78 is 25.0. The van der Waals surface area contributed by atoms with Crippen LogP contribution in [0.15, 0.2) is 42.7 Å². The van der Waals surface area contributed by atoms with Crippen molar-refractivity contribution in [3.05, 3.63) is 48.5 Å². The van der Waals surface area contributed by atoms with Crippen LogP contribution in [0.5, 0.6) is 11.5 Å². The fourth-order valence-electron chi connectivity index (χ4n) is 4.82. The molecule has 234 valence electrons. The molecule has 1 aliphatic carbocycles. The number of nitrogens with one attached hydrogen (secondary N) is 1. The van der Waals surface area contributed by atoms with Crippen molar-refractivity contribution in [2.24, 2.45) is 5.92 Å². The van der Waals surface area contributed by atoms with Gasteiger partial charge in [0.25, 0.3) is 0 Å². The Kier molecular flexibility index (Phi) is 8.29. The van der Waals surface area contributed by atoms with Crippen LogP contribution in [0.2, 0.25) is 25.7 Å². The third-order valence-corrected chi connectivity index (χ3v) is 8.96. The van der Waals surface area contributed by atoms with Gasteiger partial charge in [-0.1, -0.05) is 25.6 Å². The standard InChI is InChI=1S/C34H39N5O5Si/c1-34(2,3)44-33(40)38-29-18-23(13-14-35-29)25-19-39(20-41-15-16-45(4,5)6)32-30(25)31(36-28(37-32)12-9-22-7-8-22)24-10-11-26-27(17-24)43-21-42-26/h10-11,13-14,17-19,22H,7-8,15-16,20-21H2,1-6H3,(H,35,38,40). The maximum Gasteiger partial charge on any atom is 0.413 e. The van der Waals surface area contributed by atoms with Crippen molar-refractivity contribution >= 4 is 31.0 Å². The van der Waals surface area contributed by atoms with Gasteiger partial charge >= 0.3 is 6.09 Å². The maximum absolute atomic E-state index is 12.5. The van der Waals surface area contributed by atoms with Crippen LogP contribution in [-0.4, -0.2) is 52.7 Å². The molecule has 10 nitrogen and oxygen atoms in total. The molecule has 1 N–H and O–H groups in total. The van der Waals surface area contributed by atoms with Crippen LogP contribution in [0.3, 0.4) is 0 Å². The smallest absolute Gasteiger partial charge is 0.413 e. The van der Waals surface area contributed by atoms with Gasteiger partial charge in [-0.2, -0.15) is 0 Å². The summed E-state index contributed by atoms with van der Waals surface area (Å²) in [5, 5.41) is 3.58. The fourth-order valence-corrected chi connectivity index (χ4v) is 5.58. The number of nitrogens with zero attached hydrogens (tertiary/aromatic N) is 4. The molecule has 0 saturated heterocycles. The number of hydrogen-bond donors (Lipinski definition) is 1. The lowest BCUT2D eigenvalue weighted by Gasteiger charge is -2.19. The van der Waals surface area contributed by atoms with Gasteiger partial charge in [0.1, 0.15) is 23.8 Å². The summed E-state index contributed by atoms with van der Waals surface area (Å²) in [5.41, 5.74) is 3.32. The highest BCUT2D eigenvalue weighted by Crippen LogP contribution is 2.41. The first kappa shape index (κ1) is 30.6. The summed E-state index contributed by atoms with van der Waals surface area (Å²) in [7, 11) is -1.27. The number of benzene rings is 1. The second kappa shape index (κ2) is 12.2. The second-order valence-electron chi connectivity index (χ2n) is 13.6. The minimum Gasteiger partial charge on any atom is -0.454 e. The topological polar surface area (TPSA) is 110 Å². The quantitative estimate of drug-likeness (QED) is 0.123. The van der Waals surface area contributed by atoms with E-state index in [9.17, 15) is 4.79 Å². The van der Waals surface area contributed by atoms with Gasteiger partial charge in [0.15, 0.2) is 11.5 Å². The molecule has 1 aromatic carbocycles. The Morgan fingerprint density at radius 2 is 1.89 bits per heavy atom. The summed E-state index contributed by atoms with van der Waals surface area (Å²) in [4.78, 5) is 26.9. The molecule has 6 rings (SSSR count). The van der Waals surface area contributed by atoms with Crippen LogP contribution in [0.25, 0.3) is 33.4 Å². The number of amides is 1. The van der Waals surface area contributed by atoms with Crippen molar-refractivity contribution in [3.63, 3.8) is 0 Å².